The van der Waals surface area contributed by atoms with Gasteiger partial charge in [-0.05, 0) is 11.1 Å². The molecule has 0 aliphatic carbocycles. The molecular formula is C26H30N2O4. The number of ether oxygens (including phenoxy) is 3. The minimum Gasteiger partial charge on any atom is -0.493 e. The highest BCUT2D eigenvalue weighted by molar-refractivity contribution is 5.91. The van der Waals surface area contributed by atoms with Gasteiger partial charge in [-0.15, -0.1) is 0 Å². The van der Waals surface area contributed by atoms with Gasteiger partial charge in [-0.25, -0.2) is 0 Å². The second-order valence-electron chi connectivity index (χ2n) is 7.39. The van der Waals surface area contributed by atoms with Gasteiger partial charge in [0.15, 0.2) is 11.5 Å². The molecule has 0 fully saturated rings. The number of methoxy groups -OCH3 is 3. The minimum atomic E-state index is -0.0783. The standard InChI is InChI=1S/C26H30N2O4/c1-30-23-16-22(17-24(31-2)26(23)32-3)27-25(29)14-15-28(18-20-10-6-4-7-11-20)19-21-12-8-5-9-13-21/h4-13,16-17H,14-15,18-19H2,1-3H3,(H,27,29). The molecule has 3 rings (SSSR count). The molecule has 0 unspecified atom stereocenters. The largest absolute Gasteiger partial charge is 0.493 e. The van der Waals surface area contributed by atoms with Crippen LogP contribution in [-0.2, 0) is 17.9 Å². The monoisotopic (exact) mass is 434 g/mol. The Balaban J connectivity index is 1.66. The number of carbonyl (C=O) groups is 1. The number of hydrogen-bond acceptors (Lipinski definition) is 5. The lowest BCUT2D eigenvalue weighted by Gasteiger charge is -2.22. The highest BCUT2D eigenvalue weighted by Crippen LogP contribution is 2.39. The number of amides is 1. The molecule has 0 heterocycles. The highest BCUT2D eigenvalue weighted by atomic mass is 16.5. The summed E-state index contributed by atoms with van der Waals surface area (Å²) in [6.45, 7) is 2.17. The van der Waals surface area contributed by atoms with E-state index >= 15 is 0 Å². The Morgan fingerprint density at radius 1 is 0.781 bits per heavy atom. The van der Waals surface area contributed by atoms with Crippen LogP contribution in [0.5, 0.6) is 17.2 Å². The molecule has 3 aromatic carbocycles. The first-order chi connectivity index (χ1) is 15.6. The van der Waals surface area contributed by atoms with Gasteiger partial charge in [-0.1, -0.05) is 60.7 Å². The first-order valence-corrected chi connectivity index (χ1v) is 10.5. The van der Waals surface area contributed by atoms with Gasteiger partial charge in [0, 0.05) is 43.9 Å². The van der Waals surface area contributed by atoms with Crippen LogP contribution in [0.4, 0.5) is 5.69 Å². The molecular weight excluding hydrogens is 404 g/mol. The summed E-state index contributed by atoms with van der Waals surface area (Å²) >= 11 is 0. The third-order valence-corrected chi connectivity index (χ3v) is 5.10. The van der Waals surface area contributed by atoms with Crippen molar-refractivity contribution in [3.63, 3.8) is 0 Å². The topological polar surface area (TPSA) is 60.0 Å². The number of carbonyl (C=O) groups excluding carboxylic acids is 1. The Hall–Kier alpha value is -3.51. The summed E-state index contributed by atoms with van der Waals surface area (Å²) < 4.78 is 16.1. The second-order valence-corrected chi connectivity index (χ2v) is 7.39. The summed E-state index contributed by atoms with van der Waals surface area (Å²) in [5.74, 6) is 1.41. The molecule has 3 aromatic rings. The predicted octanol–water partition coefficient (Wildman–Crippen LogP) is 4.74. The fourth-order valence-corrected chi connectivity index (χ4v) is 3.53. The van der Waals surface area contributed by atoms with Crippen molar-refractivity contribution in [3.8, 4) is 17.2 Å². The van der Waals surface area contributed by atoms with Gasteiger partial charge in [0.1, 0.15) is 0 Å². The smallest absolute Gasteiger partial charge is 0.225 e. The van der Waals surface area contributed by atoms with E-state index in [1.165, 1.54) is 11.1 Å². The fraction of sp³-hybridized carbons (Fsp3) is 0.269. The van der Waals surface area contributed by atoms with Crippen LogP contribution in [0.3, 0.4) is 0 Å². The molecule has 0 saturated carbocycles. The molecule has 0 radical (unpaired) electrons. The van der Waals surface area contributed by atoms with Crippen molar-refractivity contribution in [1.29, 1.82) is 0 Å². The van der Waals surface area contributed by atoms with Gasteiger partial charge >= 0.3 is 0 Å². The maximum Gasteiger partial charge on any atom is 0.225 e. The molecule has 6 heteroatoms. The van der Waals surface area contributed by atoms with E-state index in [1.807, 2.05) is 36.4 Å². The number of hydrogen-bond donors (Lipinski definition) is 1. The van der Waals surface area contributed by atoms with Gasteiger partial charge in [0.05, 0.1) is 21.3 Å². The van der Waals surface area contributed by atoms with E-state index in [0.717, 1.165) is 13.1 Å². The normalized spacial score (nSPS) is 10.6. The van der Waals surface area contributed by atoms with Crippen molar-refractivity contribution in [2.75, 3.05) is 33.2 Å². The SMILES string of the molecule is COc1cc(NC(=O)CCN(Cc2ccccc2)Cc2ccccc2)cc(OC)c1OC. The van der Waals surface area contributed by atoms with E-state index < -0.39 is 0 Å². The Kier molecular flexibility index (Phi) is 8.52. The molecule has 0 aliphatic heterocycles. The van der Waals surface area contributed by atoms with E-state index in [9.17, 15) is 4.79 Å². The number of nitrogens with one attached hydrogen (secondary N) is 1. The van der Waals surface area contributed by atoms with Crippen LogP contribution in [0.2, 0.25) is 0 Å². The predicted molar refractivity (Wildman–Crippen MR) is 126 cm³/mol. The van der Waals surface area contributed by atoms with E-state index in [4.69, 9.17) is 14.2 Å². The lowest BCUT2D eigenvalue weighted by atomic mass is 10.1. The Morgan fingerprint density at radius 2 is 1.28 bits per heavy atom. The zero-order chi connectivity index (χ0) is 22.8. The molecule has 0 aliphatic rings. The average Bonchev–Trinajstić information content (AvgIpc) is 2.83. The van der Waals surface area contributed by atoms with Crippen LogP contribution in [0, 0.1) is 0 Å². The third kappa shape index (κ3) is 6.49. The summed E-state index contributed by atoms with van der Waals surface area (Å²) in [5, 5.41) is 2.94. The molecule has 0 atom stereocenters. The van der Waals surface area contributed by atoms with Crippen molar-refractivity contribution in [2.45, 2.75) is 19.5 Å². The van der Waals surface area contributed by atoms with Crippen LogP contribution in [0.1, 0.15) is 17.5 Å². The summed E-state index contributed by atoms with van der Waals surface area (Å²) in [6, 6.07) is 24.0. The van der Waals surface area contributed by atoms with Crippen LogP contribution in [0.25, 0.3) is 0 Å². The van der Waals surface area contributed by atoms with Crippen LogP contribution in [0.15, 0.2) is 72.8 Å². The van der Waals surface area contributed by atoms with Crippen molar-refractivity contribution < 1.29 is 19.0 Å². The van der Waals surface area contributed by atoms with Gasteiger partial charge in [-0.2, -0.15) is 0 Å². The first kappa shape index (κ1) is 23.2. The van der Waals surface area contributed by atoms with E-state index in [2.05, 4.69) is 34.5 Å². The molecule has 1 amide bonds. The third-order valence-electron chi connectivity index (χ3n) is 5.10. The molecule has 1 N–H and O–H groups in total. The Labute approximate surface area is 189 Å². The number of nitrogens with zero attached hydrogens (tertiary/aromatic N) is 1. The van der Waals surface area contributed by atoms with E-state index in [0.29, 0.717) is 35.9 Å². The van der Waals surface area contributed by atoms with Gasteiger partial charge in [0.25, 0.3) is 0 Å². The van der Waals surface area contributed by atoms with Crippen molar-refractivity contribution in [3.05, 3.63) is 83.9 Å². The van der Waals surface area contributed by atoms with Crippen molar-refractivity contribution in [1.82, 2.24) is 4.90 Å². The fourth-order valence-electron chi connectivity index (χ4n) is 3.53. The van der Waals surface area contributed by atoms with Gasteiger partial charge in [0.2, 0.25) is 11.7 Å². The molecule has 0 spiro atoms. The molecule has 6 nitrogen and oxygen atoms in total. The lowest BCUT2D eigenvalue weighted by molar-refractivity contribution is -0.116. The van der Waals surface area contributed by atoms with Gasteiger partial charge in [-0.3, -0.25) is 9.69 Å². The van der Waals surface area contributed by atoms with Crippen molar-refractivity contribution >= 4 is 11.6 Å². The van der Waals surface area contributed by atoms with Crippen LogP contribution < -0.4 is 19.5 Å². The van der Waals surface area contributed by atoms with Gasteiger partial charge < -0.3 is 19.5 Å². The Morgan fingerprint density at radius 3 is 1.72 bits per heavy atom. The minimum absolute atomic E-state index is 0.0783. The molecule has 0 bridgehead atoms. The van der Waals surface area contributed by atoms with Crippen LogP contribution >= 0.6 is 0 Å². The summed E-state index contributed by atoms with van der Waals surface area (Å²) in [7, 11) is 4.65. The summed E-state index contributed by atoms with van der Waals surface area (Å²) in [5.41, 5.74) is 3.03. The zero-order valence-corrected chi connectivity index (χ0v) is 18.8. The van der Waals surface area contributed by atoms with E-state index in [1.54, 1.807) is 33.5 Å². The van der Waals surface area contributed by atoms with E-state index in [-0.39, 0.29) is 5.91 Å². The maximum atomic E-state index is 12.7. The van der Waals surface area contributed by atoms with Crippen molar-refractivity contribution in [2.24, 2.45) is 0 Å². The second kappa shape index (κ2) is 11.8. The highest BCUT2D eigenvalue weighted by Gasteiger charge is 2.15. The summed E-state index contributed by atoms with van der Waals surface area (Å²) in [4.78, 5) is 15.0. The molecule has 168 valence electrons. The molecule has 32 heavy (non-hydrogen) atoms. The zero-order valence-electron chi connectivity index (χ0n) is 18.8. The summed E-state index contributed by atoms with van der Waals surface area (Å²) in [6.07, 6.45) is 0.357. The first-order valence-electron chi connectivity index (χ1n) is 10.5. The number of anilines is 1. The molecule has 0 saturated heterocycles. The van der Waals surface area contributed by atoms with Crippen LogP contribution in [-0.4, -0.2) is 38.7 Å². The molecule has 0 aromatic heterocycles. The quantitative estimate of drug-likeness (QED) is 0.472. The number of rotatable bonds is 11. The average molecular weight is 435 g/mol. The lowest BCUT2D eigenvalue weighted by Crippen LogP contribution is -2.27. The number of benzene rings is 3. The Bertz CT molecular complexity index is 927. The maximum absolute atomic E-state index is 12.7.